The molecule has 0 saturated heterocycles. The van der Waals surface area contributed by atoms with Gasteiger partial charge in [-0.15, -0.1) is 0 Å². The molecule has 0 spiro atoms. The molecule has 2 rings (SSSR count). The minimum atomic E-state index is -0.272. The summed E-state index contributed by atoms with van der Waals surface area (Å²) in [4.78, 5) is 27.2. The lowest BCUT2D eigenvalue weighted by Gasteiger charge is -2.13. The number of nitrogens with zero attached hydrogens (tertiary/aromatic N) is 1. The third-order valence-corrected chi connectivity index (χ3v) is 2.99. The molecule has 1 aromatic carbocycles. The molecule has 0 radical (unpaired) electrons. The van der Waals surface area contributed by atoms with Crippen LogP contribution in [-0.2, 0) is 0 Å². The Kier molecular flexibility index (Phi) is 4.99. The zero-order valence-corrected chi connectivity index (χ0v) is 12.5. The van der Waals surface area contributed by atoms with Crippen LogP contribution in [0.3, 0.4) is 0 Å². The second-order valence-corrected chi connectivity index (χ2v) is 4.84. The molecule has 2 N–H and O–H groups in total. The van der Waals surface area contributed by atoms with E-state index in [2.05, 4.69) is 22.1 Å². The highest BCUT2D eigenvalue weighted by molar-refractivity contribution is 5.93. The molecule has 0 aliphatic heterocycles. The average Bonchev–Trinajstić information content (AvgIpc) is 2.52. The van der Waals surface area contributed by atoms with E-state index in [9.17, 15) is 9.59 Å². The molecule has 22 heavy (non-hydrogen) atoms. The van der Waals surface area contributed by atoms with Crippen LogP contribution in [0, 0.1) is 11.8 Å². The Morgan fingerprint density at radius 1 is 1.23 bits per heavy atom. The van der Waals surface area contributed by atoms with E-state index >= 15 is 0 Å². The molecule has 0 aliphatic rings. The maximum absolute atomic E-state index is 11.8. The number of rotatable bonds is 3. The molecular formula is C17H17N3O2. The molecule has 2 aromatic rings. The summed E-state index contributed by atoms with van der Waals surface area (Å²) < 4.78 is 0. The standard InChI is InChI=1S/C17H17N3O2/c1-20(2)15-8-4-3-6-13(15)7-5-11-18-17(22)14-9-10-16(21)19-12-14/h3-4,6,8-10,12H,11H2,1-2H3,(H,18,22)(H,19,21). The zero-order valence-electron chi connectivity index (χ0n) is 12.5. The molecule has 112 valence electrons. The number of amides is 1. The van der Waals surface area contributed by atoms with Gasteiger partial charge in [-0.1, -0.05) is 24.0 Å². The van der Waals surface area contributed by atoms with E-state index in [1.807, 2.05) is 43.3 Å². The molecule has 5 heteroatoms. The first-order valence-corrected chi connectivity index (χ1v) is 6.80. The van der Waals surface area contributed by atoms with Crippen molar-refractivity contribution < 1.29 is 4.79 Å². The van der Waals surface area contributed by atoms with Gasteiger partial charge in [-0.3, -0.25) is 9.59 Å². The highest BCUT2D eigenvalue weighted by Crippen LogP contribution is 2.16. The van der Waals surface area contributed by atoms with Crippen molar-refractivity contribution in [2.24, 2.45) is 0 Å². The minimum Gasteiger partial charge on any atom is -0.377 e. The van der Waals surface area contributed by atoms with Gasteiger partial charge in [0, 0.05) is 31.9 Å². The number of benzene rings is 1. The summed E-state index contributed by atoms with van der Waals surface area (Å²) >= 11 is 0. The van der Waals surface area contributed by atoms with Gasteiger partial charge in [-0.25, -0.2) is 0 Å². The Morgan fingerprint density at radius 2 is 2.00 bits per heavy atom. The lowest BCUT2D eigenvalue weighted by Crippen LogP contribution is -2.24. The van der Waals surface area contributed by atoms with Crippen LogP contribution in [0.25, 0.3) is 0 Å². The Morgan fingerprint density at radius 3 is 2.68 bits per heavy atom. The number of carbonyl (C=O) groups is 1. The first-order chi connectivity index (χ1) is 10.6. The largest absolute Gasteiger partial charge is 0.377 e. The normalized spacial score (nSPS) is 9.55. The van der Waals surface area contributed by atoms with Gasteiger partial charge < -0.3 is 15.2 Å². The summed E-state index contributed by atoms with van der Waals surface area (Å²) in [6.45, 7) is 0.236. The van der Waals surface area contributed by atoms with E-state index in [4.69, 9.17) is 0 Å². The number of aromatic nitrogens is 1. The fourth-order valence-electron chi connectivity index (χ4n) is 1.89. The van der Waals surface area contributed by atoms with Gasteiger partial charge in [0.25, 0.3) is 5.91 Å². The number of pyridine rings is 1. The molecule has 0 unspecified atom stereocenters. The van der Waals surface area contributed by atoms with Crippen LogP contribution in [0.5, 0.6) is 0 Å². The van der Waals surface area contributed by atoms with Crippen molar-refractivity contribution >= 4 is 11.6 Å². The van der Waals surface area contributed by atoms with Gasteiger partial charge in [0.2, 0.25) is 5.56 Å². The number of H-pyrrole nitrogens is 1. The van der Waals surface area contributed by atoms with Crippen molar-refractivity contribution in [1.82, 2.24) is 10.3 Å². The van der Waals surface area contributed by atoms with Gasteiger partial charge in [0.1, 0.15) is 0 Å². The predicted molar refractivity (Wildman–Crippen MR) is 87.0 cm³/mol. The predicted octanol–water partition coefficient (Wildman–Crippen LogP) is 1.22. The molecule has 5 nitrogen and oxygen atoms in total. The number of aromatic amines is 1. The van der Waals surface area contributed by atoms with E-state index in [0.717, 1.165) is 11.3 Å². The molecular weight excluding hydrogens is 278 g/mol. The molecule has 1 aromatic heterocycles. The summed E-state index contributed by atoms with van der Waals surface area (Å²) in [6, 6.07) is 10.6. The van der Waals surface area contributed by atoms with Crippen LogP contribution in [0.1, 0.15) is 15.9 Å². The van der Waals surface area contributed by atoms with Crippen LogP contribution in [0.4, 0.5) is 5.69 Å². The smallest absolute Gasteiger partial charge is 0.253 e. The lowest BCUT2D eigenvalue weighted by atomic mass is 10.1. The Bertz CT molecular complexity index is 762. The SMILES string of the molecule is CN(C)c1ccccc1C#CCNC(=O)c1ccc(=O)[nH]c1. The van der Waals surface area contributed by atoms with Gasteiger partial charge in [-0.05, 0) is 18.2 Å². The Labute approximate surface area is 129 Å². The van der Waals surface area contributed by atoms with Crippen LogP contribution in [0.2, 0.25) is 0 Å². The molecule has 0 atom stereocenters. The van der Waals surface area contributed by atoms with Crippen LogP contribution in [-0.4, -0.2) is 31.5 Å². The number of carbonyl (C=O) groups excluding carboxylic acids is 1. The fraction of sp³-hybridized carbons (Fsp3) is 0.176. The average molecular weight is 295 g/mol. The van der Waals surface area contributed by atoms with Crippen LogP contribution in [0.15, 0.2) is 47.4 Å². The first-order valence-electron chi connectivity index (χ1n) is 6.80. The molecule has 0 fully saturated rings. The number of para-hydroxylation sites is 1. The summed E-state index contributed by atoms with van der Waals surface area (Å²) in [5.74, 6) is 5.70. The molecule has 0 aliphatic carbocycles. The highest BCUT2D eigenvalue weighted by atomic mass is 16.1. The topological polar surface area (TPSA) is 65.2 Å². The summed E-state index contributed by atoms with van der Waals surface area (Å²) in [5.41, 5.74) is 2.10. The number of hydrogen-bond acceptors (Lipinski definition) is 3. The number of nitrogens with one attached hydrogen (secondary N) is 2. The monoisotopic (exact) mass is 295 g/mol. The molecule has 1 heterocycles. The zero-order chi connectivity index (χ0) is 15.9. The van der Waals surface area contributed by atoms with E-state index < -0.39 is 0 Å². The maximum atomic E-state index is 11.8. The second kappa shape index (κ2) is 7.14. The molecule has 1 amide bonds. The van der Waals surface area contributed by atoms with E-state index in [-0.39, 0.29) is 18.0 Å². The Balaban J connectivity index is 1.99. The van der Waals surface area contributed by atoms with E-state index in [1.165, 1.54) is 18.3 Å². The van der Waals surface area contributed by atoms with E-state index in [0.29, 0.717) is 5.56 Å². The van der Waals surface area contributed by atoms with Crippen molar-refractivity contribution in [2.75, 3.05) is 25.5 Å². The number of anilines is 1. The summed E-state index contributed by atoms with van der Waals surface area (Å²) in [5, 5.41) is 2.69. The van der Waals surface area contributed by atoms with Crippen molar-refractivity contribution in [3.8, 4) is 11.8 Å². The molecule has 0 saturated carbocycles. The second-order valence-electron chi connectivity index (χ2n) is 4.84. The van der Waals surface area contributed by atoms with Crippen molar-refractivity contribution in [3.63, 3.8) is 0 Å². The van der Waals surface area contributed by atoms with Gasteiger partial charge in [0.15, 0.2) is 0 Å². The van der Waals surface area contributed by atoms with Gasteiger partial charge >= 0.3 is 0 Å². The third-order valence-electron chi connectivity index (χ3n) is 2.99. The Hall–Kier alpha value is -3.00. The molecule has 0 bridgehead atoms. The minimum absolute atomic E-state index is 0.236. The van der Waals surface area contributed by atoms with Gasteiger partial charge in [0.05, 0.1) is 17.8 Å². The fourth-order valence-corrected chi connectivity index (χ4v) is 1.89. The van der Waals surface area contributed by atoms with Crippen LogP contribution >= 0.6 is 0 Å². The van der Waals surface area contributed by atoms with Crippen molar-refractivity contribution in [2.45, 2.75) is 0 Å². The maximum Gasteiger partial charge on any atom is 0.253 e. The summed E-state index contributed by atoms with van der Waals surface area (Å²) in [6.07, 6.45) is 1.38. The summed E-state index contributed by atoms with van der Waals surface area (Å²) in [7, 11) is 3.91. The van der Waals surface area contributed by atoms with Crippen molar-refractivity contribution in [1.29, 1.82) is 0 Å². The highest BCUT2D eigenvalue weighted by Gasteiger charge is 2.03. The first kappa shape index (κ1) is 15.4. The van der Waals surface area contributed by atoms with Crippen molar-refractivity contribution in [3.05, 3.63) is 64.1 Å². The number of hydrogen-bond donors (Lipinski definition) is 2. The quantitative estimate of drug-likeness (QED) is 0.837. The van der Waals surface area contributed by atoms with Gasteiger partial charge in [-0.2, -0.15) is 0 Å². The third kappa shape index (κ3) is 4.00. The van der Waals surface area contributed by atoms with Crippen LogP contribution < -0.4 is 15.8 Å². The lowest BCUT2D eigenvalue weighted by molar-refractivity contribution is 0.0958. The van der Waals surface area contributed by atoms with E-state index in [1.54, 1.807) is 0 Å².